The number of ether oxygens (including phenoxy) is 1. The fourth-order valence-electron chi connectivity index (χ4n) is 2.69. The van der Waals surface area contributed by atoms with Gasteiger partial charge in [0.1, 0.15) is 5.75 Å². The van der Waals surface area contributed by atoms with Crippen LogP contribution in [0.2, 0.25) is 0 Å². The quantitative estimate of drug-likeness (QED) is 0.866. The Balaban J connectivity index is 2.40. The SMILES string of the molecule is COc1cc(C(C)C)ccc1C1(CN)CCC1. The van der Waals surface area contributed by atoms with Crippen molar-refractivity contribution in [2.75, 3.05) is 13.7 Å². The molecule has 0 aromatic heterocycles. The van der Waals surface area contributed by atoms with Crippen LogP contribution in [0, 0.1) is 0 Å². The van der Waals surface area contributed by atoms with Crippen LogP contribution < -0.4 is 10.5 Å². The van der Waals surface area contributed by atoms with E-state index in [-0.39, 0.29) is 5.41 Å². The molecule has 94 valence electrons. The summed E-state index contributed by atoms with van der Waals surface area (Å²) in [6, 6.07) is 6.62. The van der Waals surface area contributed by atoms with Gasteiger partial charge in [0, 0.05) is 17.5 Å². The second-order valence-corrected chi connectivity index (χ2v) is 5.45. The lowest BCUT2D eigenvalue weighted by molar-refractivity contribution is 0.243. The van der Waals surface area contributed by atoms with Crippen LogP contribution >= 0.6 is 0 Å². The van der Waals surface area contributed by atoms with Crippen LogP contribution in [-0.2, 0) is 5.41 Å². The Labute approximate surface area is 104 Å². The van der Waals surface area contributed by atoms with E-state index in [9.17, 15) is 0 Å². The van der Waals surface area contributed by atoms with Crippen LogP contribution in [0.5, 0.6) is 5.75 Å². The molecule has 0 atom stereocenters. The molecule has 0 unspecified atom stereocenters. The summed E-state index contributed by atoms with van der Waals surface area (Å²) in [6.07, 6.45) is 3.67. The van der Waals surface area contributed by atoms with Gasteiger partial charge in [-0.3, -0.25) is 0 Å². The predicted octanol–water partition coefficient (Wildman–Crippen LogP) is 3.20. The normalized spacial score (nSPS) is 17.9. The summed E-state index contributed by atoms with van der Waals surface area (Å²) in [5.74, 6) is 1.55. The minimum atomic E-state index is 0.181. The number of methoxy groups -OCH3 is 1. The third-order valence-corrected chi connectivity index (χ3v) is 4.16. The van der Waals surface area contributed by atoms with E-state index in [1.807, 2.05) is 0 Å². The molecule has 0 amide bonds. The van der Waals surface area contributed by atoms with Crippen LogP contribution in [0.15, 0.2) is 18.2 Å². The van der Waals surface area contributed by atoms with Gasteiger partial charge in [-0.1, -0.05) is 32.4 Å². The molecule has 0 aliphatic heterocycles. The topological polar surface area (TPSA) is 35.2 Å². The largest absolute Gasteiger partial charge is 0.496 e. The molecule has 2 heteroatoms. The monoisotopic (exact) mass is 233 g/mol. The van der Waals surface area contributed by atoms with Gasteiger partial charge in [0.05, 0.1) is 7.11 Å². The lowest BCUT2D eigenvalue weighted by Gasteiger charge is -2.42. The molecular weight excluding hydrogens is 210 g/mol. The smallest absolute Gasteiger partial charge is 0.122 e. The highest BCUT2D eigenvalue weighted by molar-refractivity contribution is 5.45. The number of hydrogen-bond acceptors (Lipinski definition) is 2. The second-order valence-electron chi connectivity index (χ2n) is 5.45. The van der Waals surface area contributed by atoms with Crippen LogP contribution in [0.25, 0.3) is 0 Å². The lowest BCUT2D eigenvalue weighted by Crippen LogP contribution is -2.41. The van der Waals surface area contributed by atoms with Gasteiger partial charge in [0.2, 0.25) is 0 Å². The molecule has 2 N–H and O–H groups in total. The molecule has 2 rings (SSSR count). The second kappa shape index (κ2) is 4.69. The summed E-state index contributed by atoms with van der Waals surface area (Å²) in [7, 11) is 1.76. The molecule has 0 radical (unpaired) electrons. The van der Waals surface area contributed by atoms with Crippen molar-refractivity contribution in [1.82, 2.24) is 0 Å². The predicted molar refractivity (Wildman–Crippen MR) is 71.7 cm³/mol. The summed E-state index contributed by atoms with van der Waals surface area (Å²) in [5.41, 5.74) is 8.78. The number of hydrogen-bond donors (Lipinski definition) is 1. The average Bonchev–Trinajstić information content (AvgIpc) is 2.28. The molecule has 0 bridgehead atoms. The molecule has 1 fully saturated rings. The van der Waals surface area contributed by atoms with Crippen molar-refractivity contribution in [3.8, 4) is 5.75 Å². The standard InChI is InChI=1S/C15H23NO/c1-11(2)12-5-6-13(14(9-12)17-3)15(10-16)7-4-8-15/h5-6,9,11H,4,7-8,10,16H2,1-3H3. The summed E-state index contributed by atoms with van der Waals surface area (Å²) in [4.78, 5) is 0. The van der Waals surface area contributed by atoms with E-state index in [1.165, 1.54) is 30.4 Å². The molecule has 0 saturated heterocycles. The summed E-state index contributed by atoms with van der Waals surface area (Å²) >= 11 is 0. The Bertz CT molecular complexity index is 388. The highest BCUT2D eigenvalue weighted by Crippen LogP contribution is 2.46. The minimum absolute atomic E-state index is 0.181. The summed E-state index contributed by atoms with van der Waals surface area (Å²) < 4.78 is 5.56. The highest BCUT2D eigenvalue weighted by atomic mass is 16.5. The number of nitrogens with two attached hydrogens (primary N) is 1. The summed E-state index contributed by atoms with van der Waals surface area (Å²) in [6.45, 7) is 5.14. The third kappa shape index (κ3) is 2.06. The van der Waals surface area contributed by atoms with Crippen molar-refractivity contribution in [1.29, 1.82) is 0 Å². The minimum Gasteiger partial charge on any atom is -0.496 e. The number of benzene rings is 1. The van der Waals surface area contributed by atoms with Gasteiger partial charge in [-0.25, -0.2) is 0 Å². The summed E-state index contributed by atoms with van der Waals surface area (Å²) in [5, 5.41) is 0. The Morgan fingerprint density at radius 1 is 1.35 bits per heavy atom. The van der Waals surface area contributed by atoms with Gasteiger partial charge in [-0.05, 0) is 30.4 Å². The molecule has 0 spiro atoms. The molecule has 1 aromatic rings. The van der Waals surface area contributed by atoms with E-state index in [1.54, 1.807) is 7.11 Å². The lowest BCUT2D eigenvalue weighted by atomic mass is 9.64. The van der Waals surface area contributed by atoms with Crippen molar-refractivity contribution in [3.05, 3.63) is 29.3 Å². The zero-order valence-corrected chi connectivity index (χ0v) is 11.1. The Morgan fingerprint density at radius 3 is 2.47 bits per heavy atom. The van der Waals surface area contributed by atoms with E-state index in [2.05, 4.69) is 32.0 Å². The van der Waals surface area contributed by atoms with Crippen molar-refractivity contribution >= 4 is 0 Å². The highest BCUT2D eigenvalue weighted by Gasteiger charge is 2.39. The fourth-order valence-corrected chi connectivity index (χ4v) is 2.69. The number of rotatable bonds is 4. The van der Waals surface area contributed by atoms with E-state index in [0.717, 1.165) is 12.3 Å². The van der Waals surface area contributed by atoms with Crippen LogP contribution in [-0.4, -0.2) is 13.7 Å². The van der Waals surface area contributed by atoms with E-state index in [4.69, 9.17) is 10.5 Å². The zero-order chi connectivity index (χ0) is 12.5. The third-order valence-electron chi connectivity index (χ3n) is 4.16. The molecular formula is C15H23NO. The molecule has 1 aliphatic carbocycles. The maximum Gasteiger partial charge on any atom is 0.122 e. The van der Waals surface area contributed by atoms with E-state index < -0.39 is 0 Å². The van der Waals surface area contributed by atoms with Crippen LogP contribution in [0.1, 0.15) is 50.2 Å². The van der Waals surface area contributed by atoms with Gasteiger partial charge in [-0.15, -0.1) is 0 Å². The first-order valence-electron chi connectivity index (χ1n) is 6.51. The van der Waals surface area contributed by atoms with Crippen LogP contribution in [0.4, 0.5) is 0 Å². The maximum atomic E-state index is 5.97. The Kier molecular flexibility index (Phi) is 3.43. The van der Waals surface area contributed by atoms with Gasteiger partial charge < -0.3 is 10.5 Å². The Morgan fingerprint density at radius 2 is 2.06 bits per heavy atom. The first kappa shape index (κ1) is 12.4. The molecule has 17 heavy (non-hydrogen) atoms. The van der Waals surface area contributed by atoms with Gasteiger partial charge in [-0.2, -0.15) is 0 Å². The van der Waals surface area contributed by atoms with Gasteiger partial charge >= 0.3 is 0 Å². The average molecular weight is 233 g/mol. The molecule has 0 heterocycles. The van der Waals surface area contributed by atoms with E-state index >= 15 is 0 Å². The first-order valence-corrected chi connectivity index (χ1v) is 6.51. The van der Waals surface area contributed by atoms with Crippen molar-refractivity contribution in [3.63, 3.8) is 0 Å². The molecule has 1 aliphatic rings. The molecule has 2 nitrogen and oxygen atoms in total. The van der Waals surface area contributed by atoms with Crippen molar-refractivity contribution in [2.45, 2.75) is 44.4 Å². The van der Waals surface area contributed by atoms with Crippen molar-refractivity contribution in [2.24, 2.45) is 5.73 Å². The molecule has 1 saturated carbocycles. The first-order chi connectivity index (χ1) is 8.13. The Hall–Kier alpha value is -1.02. The fraction of sp³-hybridized carbons (Fsp3) is 0.600. The zero-order valence-electron chi connectivity index (χ0n) is 11.1. The van der Waals surface area contributed by atoms with E-state index in [0.29, 0.717) is 5.92 Å². The van der Waals surface area contributed by atoms with Crippen molar-refractivity contribution < 1.29 is 4.74 Å². The van der Waals surface area contributed by atoms with Gasteiger partial charge in [0.25, 0.3) is 0 Å². The van der Waals surface area contributed by atoms with Crippen LogP contribution in [0.3, 0.4) is 0 Å². The van der Waals surface area contributed by atoms with Gasteiger partial charge in [0.15, 0.2) is 0 Å². The maximum absolute atomic E-state index is 5.97. The molecule has 1 aromatic carbocycles.